The molecule has 1 aliphatic carbocycles. The second-order valence-electron chi connectivity index (χ2n) is 10.4. The zero-order valence-corrected chi connectivity index (χ0v) is 21.2. The van der Waals surface area contributed by atoms with Crippen molar-refractivity contribution in [3.05, 3.63) is 34.7 Å². The van der Waals surface area contributed by atoms with Gasteiger partial charge in [0.25, 0.3) is 0 Å². The number of morpholine rings is 1. The van der Waals surface area contributed by atoms with Crippen LogP contribution in [0.3, 0.4) is 0 Å². The Bertz CT molecular complexity index is 1080. The summed E-state index contributed by atoms with van der Waals surface area (Å²) in [7, 11) is 2.08. The van der Waals surface area contributed by atoms with Crippen molar-refractivity contribution in [2.75, 3.05) is 69.7 Å². The summed E-state index contributed by atoms with van der Waals surface area (Å²) in [5, 5.41) is 4.26. The van der Waals surface area contributed by atoms with Crippen LogP contribution in [0, 0.1) is 5.41 Å². The monoisotopic (exact) mass is 482 g/mol. The van der Waals surface area contributed by atoms with Crippen LogP contribution >= 0.6 is 11.3 Å². The standard InChI is InChI=1S/C26H34N4O3S/c1-26(2)16-20-22(24(29-11-13-33-14-12-29)34-23(20)21(31)17-26)18-5-4-6-19(15-18)27-25(32)30-9-7-28(3)8-10-30/h4-6,15H,7-14,16-17H2,1-3H3,(H,27,32). The molecule has 1 N–H and O–H groups in total. The molecule has 3 aliphatic rings. The number of urea groups is 1. The quantitative estimate of drug-likeness (QED) is 0.711. The predicted octanol–water partition coefficient (Wildman–Crippen LogP) is 4.19. The van der Waals surface area contributed by atoms with Gasteiger partial charge in [-0.05, 0) is 42.1 Å². The van der Waals surface area contributed by atoms with Crippen LogP contribution in [0.1, 0.15) is 35.5 Å². The van der Waals surface area contributed by atoms with Crippen molar-refractivity contribution in [3.63, 3.8) is 0 Å². The molecule has 8 heteroatoms. The summed E-state index contributed by atoms with van der Waals surface area (Å²) in [4.78, 5) is 33.3. The maximum atomic E-state index is 13.1. The zero-order chi connectivity index (χ0) is 23.9. The maximum Gasteiger partial charge on any atom is 0.321 e. The number of fused-ring (bicyclic) bond motifs is 1. The number of carbonyl (C=O) groups excluding carboxylic acids is 2. The number of likely N-dealkylation sites (N-methyl/N-ethyl adjacent to an activating group) is 1. The van der Waals surface area contributed by atoms with Crippen LogP contribution in [0.25, 0.3) is 11.1 Å². The summed E-state index contributed by atoms with van der Waals surface area (Å²) in [6.07, 6.45) is 1.46. The highest BCUT2D eigenvalue weighted by Crippen LogP contribution is 2.49. The fourth-order valence-electron chi connectivity index (χ4n) is 5.15. The van der Waals surface area contributed by atoms with Gasteiger partial charge in [-0.15, -0.1) is 11.3 Å². The molecule has 2 fully saturated rings. The second-order valence-corrected chi connectivity index (χ2v) is 11.4. The number of carbonyl (C=O) groups is 2. The molecule has 34 heavy (non-hydrogen) atoms. The van der Waals surface area contributed by atoms with Crippen LogP contribution in [0.15, 0.2) is 24.3 Å². The largest absolute Gasteiger partial charge is 0.378 e. The molecule has 5 rings (SSSR count). The third-order valence-corrected chi connectivity index (χ3v) is 8.36. The maximum absolute atomic E-state index is 13.1. The number of hydrogen-bond acceptors (Lipinski definition) is 6. The Morgan fingerprint density at radius 1 is 1.06 bits per heavy atom. The van der Waals surface area contributed by atoms with Crippen LogP contribution < -0.4 is 10.2 Å². The van der Waals surface area contributed by atoms with E-state index < -0.39 is 0 Å². The summed E-state index contributed by atoms with van der Waals surface area (Å²) in [5.41, 5.74) is 4.10. The minimum absolute atomic E-state index is 0.0534. The highest BCUT2D eigenvalue weighted by Gasteiger charge is 2.37. The van der Waals surface area contributed by atoms with Gasteiger partial charge < -0.3 is 24.8 Å². The van der Waals surface area contributed by atoms with Gasteiger partial charge in [0.15, 0.2) is 5.78 Å². The van der Waals surface area contributed by atoms with E-state index in [1.807, 2.05) is 17.0 Å². The lowest BCUT2D eigenvalue weighted by atomic mass is 9.75. The highest BCUT2D eigenvalue weighted by atomic mass is 32.1. The average molecular weight is 483 g/mol. The Morgan fingerprint density at radius 3 is 2.53 bits per heavy atom. The lowest BCUT2D eigenvalue weighted by molar-refractivity contribution is 0.0918. The number of benzene rings is 1. The van der Waals surface area contributed by atoms with E-state index >= 15 is 0 Å². The zero-order valence-electron chi connectivity index (χ0n) is 20.4. The first-order valence-electron chi connectivity index (χ1n) is 12.2. The molecule has 3 heterocycles. The Kier molecular flexibility index (Phi) is 6.39. The third kappa shape index (κ3) is 4.72. The number of piperazine rings is 1. The number of nitrogens with zero attached hydrogens (tertiary/aromatic N) is 3. The van der Waals surface area contributed by atoms with Crippen LogP contribution in [-0.4, -0.2) is 81.1 Å². The van der Waals surface area contributed by atoms with Gasteiger partial charge in [0.2, 0.25) is 0 Å². The molecular formula is C26H34N4O3S. The van der Waals surface area contributed by atoms with Crippen LogP contribution in [0.5, 0.6) is 0 Å². The van der Waals surface area contributed by atoms with E-state index in [-0.39, 0.29) is 17.2 Å². The number of rotatable bonds is 3. The summed E-state index contributed by atoms with van der Waals surface area (Å²) in [5.74, 6) is 0.247. The van der Waals surface area contributed by atoms with Gasteiger partial charge in [-0.1, -0.05) is 26.0 Å². The highest BCUT2D eigenvalue weighted by molar-refractivity contribution is 7.19. The van der Waals surface area contributed by atoms with Crippen molar-refractivity contribution >= 4 is 33.8 Å². The Labute approximate surface area is 205 Å². The number of ether oxygens (including phenoxy) is 1. The van der Waals surface area contributed by atoms with Gasteiger partial charge in [-0.3, -0.25) is 4.79 Å². The molecule has 2 aromatic rings. The molecule has 1 aromatic carbocycles. The summed E-state index contributed by atoms with van der Waals surface area (Å²) in [6.45, 7) is 10.6. The average Bonchev–Trinajstić information content (AvgIpc) is 3.19. The third-order valence-electron chi connectivity index (χ3n) is 7.03. The first kappa shape index (κ1) is 23.3. The molecule has 0 unspecified atom stereocenters. The van der Waals surface area contributed by atoms with E-state index in [9.17, 15) is 9.59 Å². The number of nitrogens with one attached hydrogen (secondary N) is 1. The minimum atomic E-state index is -0.0601. The molecule has 0 radical (unpaired) electrons. The normalized spacial score (nSPS) is 20.9. The van der Waals surface area contributed by atoms with Gasteiger partial charge in [0.05, 0.1) is 23.1 Å². The topological polar surface area (TPSA) is 65.1 Å². The van der Waals surface area contributed by atoms with Crippen molar-refractivity contribution < 1.29 is 14.3 Å². The number of thiophene rings is 1. The Balaban J connectivity index is 1.49. The molecule has 182 valence electrons. The molecule has 7 nitrogen and oxygen atoms in total. The fourth-order valence-corrected chi connectivity index (χ4v) is 6.48. The van der Waals surface area contributed by atoms with Crippen molar-refractivity contribution in [3.8, 4) is 11.1 Å². The minimum Gasteiger partial charge on any atom is -0.378 e. The van der Waals surface area contributed by atoms with Gasteiger partial charge >= 0.3 is 6.03 Å². The molecule has 2 aliphatic heterocycles. The molecule has 0 atom stereocenters. The fraction of sp³-hybridized carbons (Fsp3) is 0.538. The molecule has 2 saturated heterocycles. The van der Waals surface area contributed by atoms with E-state index in [4.69, 9.17) is 4.74 Å². The SMILES string of the molecule is CN1CCN(C(=O)Nc2cccc(-c3c(N4CCOCC4)sc4c3CC(C)(C)CC4=O)c2)CC1. The van der Waals surface area contributed by atoms with Crippen molar-refractivity contribution in [2.45, 2.75) is 26.7 Å². The predicted molar refractivity (Wildman–Crippen MR) is 137 cm³/mol. The van der Waals surface area contributed by atoms with Gasteiger partial charge in [0, 0.05) is 56.9 Å². The Hall–Kier alpha value is -2.42. The molecule has 1 aromatic heterocycles. The number of ketones is 1. The molecule has 0 bridgehead atoms. The van der Waals surface area contributed by atoms with E-state index in [1.54, 1.807) is 11.3 Å². The van der Waals surface area contributed by atoms with E-state index in [0.29, 0.717) is 19.6 Å². The van der Waals surface area contributed by atoms with Gasteiger partial charge in [0.1, 0.15) is 0 Å². The van der Waals surface area contributed by atoms with Crippen LogP contribution in [-0.2, 0) is 11.2 Å². The number of amides is 2. The summed E-state index contributed by atoms with van der Waals surface area (Å²) in [6, 6.07) is 8.05. The summed E-state index contributed by atoms with van der Waals surface area (Å²) < 4.78 is 5.59. The van der Waals surface area contributed by atoms with Crippen LogP contribution in [0.4, 0.5) is 15.5 Å². The van der Waals surface area contributed by atoms with Gasteiger partial charge in [-0.2, -0.15) is 0 Å². The van der Waals surface area contributed by atoms with E-state index in [1.165, 1.54) is 0 Å². The van der Waals surface area contributed by atoms with E-state index in [0.717, 1.165) is 77.9 Å². The van der Waals surface area contributed by atoms with E-state index in [2.05, 4.69) is 48.1 Å². The molecule has 0 spiro atoms. The molecular weight excluding hydrogens is 448 g/mol. The summed E-state index contributed by atoms with van der Waals surface area (Å²) >= 11 is 1.64. The molecule has 2 amide bonds. The van der Waals surface area contributed by atoms with Crippen molar-refractivity contribution in [2.24, 2.45) is 5.41 Å². The van der Waals surface area contributed by atoms with Crippen molar-refractivity contribution in [1.29, 1.82) is 0 Å². The van der Waals surface area contributed by atoms with Crippen molar-refractivity contribution in [1.82, 2.24) is 9.80 Å². The van der Waals surface area contributed by atoms with Gasteiger partial charge in [-0.25, -0.2) is 4.79 Å². The Morgan fingerprint density at radius 2 is 1.79 bits per heavy atom. The number of Topliss-reactive ketones (excluding diaryl/α,β-unsaturated/α-hetero) is 1. The van der Waals surface area contributed by atoms with Crippen LogP contribution in [0.2, 0.25) is 0 Å². The first-order valence-corrected chi connectivity index (χ1v) is 13.0. The smallest absolute Gasteiger partial charge is 0.321 e. The lowest BCUT2D eigenvalue weighted by Crippen LogP contribution is -2.48. The molecule has 0 saturated carbocycles. The number of hydrogen-bond donors (Lipinski definition) is 1. The lowest BCUT2D eigenvalue weighted by Gasteiger charge is -2.32. The first-order chi connectivity index (χ1) is 16.3. The second kappa shape index (κ2) is 9.32. The number of anilines is 2.